The molecule has 3 heterocycles. The van der Waals surface area contributed by atoms with E-state index in [0.29, 0.717) is 0 Å². The quantitative estimate of drug-likeness (QED) is 0.757. The zero-order valence-corrected chi connectivity index (χ0v) is 13.2. The van der Waals surface area contributed by atoms with Crippen molar-refractivity contribution in [2.24, 2.45) is 0 Å². The Morgan fingerprint density at radius 2 is 1.05 bits per heavy atom. The van der Waals surface area contributed by atoms with Crippen LogP contribution in [-0.4, -0.2) is 22.0 Å². The van der Waals surface area contributed by atoms with Crippen molar-refractivity contribution in [3.05, 3.63) is 36.9 Å². The van der Waals surface area contributed by atoms with Gasteiger partial charge < -0.3 is 18.4 Å². The van der Waals surface area contributed by atoms with Gasteiger partial charge in [-0.1, -0.05) is 53.0 Å². The molecule has 0 N–H and O–H groups in total. The molecule has 2 aromatic heterocycles. The summed E-state index contributed by atoms with van der Waals surface area (Å²) in [6.07, 6.45) is 12.2. The molecule has 0 amide bonds. The van der Waals surface area contributed by atoms with Gasteiger partial charge in [-0.3, -0.25) is 0 Å². The fourth-order valence-corrected chi connectivity index (χ4v) is 4.69. The molecule has 3 rings (SSSR count). The van der Waals surface area contributed by atoms with Crippen LogP contribution in [0.15, 0.2) is 36.9 Å². The molecular formula is C14H26B2N4. The molecule has 0 radical (unpaired) electrons. The molecule has 0 spiro atoms. The van der Waals surface area contributed by atoms with Gasteiger partial charge in [0.2, 0.25) is 0 Å². The number of aromatic nitrogens is 4. The highest BCUT2D eigenvalue weighted by molar-refractivity contribution is 6.74. The third-order valence-electron chi connectivity index (χ3n) is 6.07. The predicted octanol–water partition coefficient (Wildman–Crippen LogP) is 1.93. The first-order valence-corrected chi connectivity index (χ1v) is 8.26. The first kappa shape index (κ1) is 13.5. The molecule has 108 valence electrons. The molecule has 0 saturated carbocycles. The summed E-state index contributed by atoms with van der Waals surface area (Å²) in [5, 5.41) is 0. The van der Waals surface area contributed by atoms with Gasteiger partial charge in [0.05, 0.1) is 0 Å². The minimum Gasteiger partial charge on any atom is -0.343 e. The van der Waals surface area contributed by atoms with Crippen LogP contribution < -0.4 is 9.19 Å². The number of nitrogens with zero attached hydrogens (tertiary/aromatic N) is 4. The van der Waals surface area contributed by atoms with Crippen molar-refractivity contribution < 1.29 is 9.19 Å². The van der Waals surface area contributed by atoms with E-state index < -0.39 is 12.8 Å². The van der Waals surface area contributed by atoms with Crippen molar-refractivity contribution in [3.63, 3.8) is 0 Å². The normalized spacial score (nSPS) is 18.6. The Bertz CT molecular complexity index is 513. The molecule has 0 aliphatic carbocycles. The van der Waals surface area contributed by atoms with Gasteiger partial charge in [0.15, 0.2) is 0 Å². The van der Waals surface area contributed by atoms with E-state index in [4.69, 9.17) is 0 Å². The average Bonchev–Trinajstić information content (AvgIpc) is 3.15. The number of fused-ring (bicyclic) bond motifs is 2. The maximum atomic E-state index is 2.53. The Balaban J connectivity index is 2.37. The topological polar surface area (TPSA) is 17.6 Å². The number of rotatable bonds is 4. The van der Waals surface area contributed by atoms with Crippen molar-refractivity contribution in [3.8, 4) is 0 Å². The second kappa shape index (κ2) is 4.54. The van der Waals surface area contributed by atoms with Crippen LogP contribution in [0.25, 0.3) is 0 Å². The summed E-state index contributed by atoms with van der Waals surface area (Å²) < 4.78 is 10.1. The fourth-order valence-electron chi connectivity index (χ4n) is 4.69. The van der Waals surface area contributed by atoms with E-state index >= 15 is 0 Å². The molecule has 4 nitrogen and oxygen atoms in total. The molecule has 20 heavy (non-hydrogen) atoms. The zero-order valence-electron chi connectivity index (χ0n) is 13.2. The summed E-state index contributed by atoms with van der Waals surface area (Å²) >= 11 is 0. The Morgan fingerprint density at radius 1 is 0.700 bits per heavy atom. The van der Waals surface area contributed by atoms with E-state index in [1.54, 1.807) is 0 Å². The van der Waals surface area contributed by atoms with Crippen LogP contribution in [0.1, 0.15) is 27.7 Å². The summed E-state index contributed by atoms with van der Waals surface area (Å²) in [7, 11) is 0. The lowest BCUT2D eigenvalue weighted by atomic mass is 9.37. The second-order valence-electron chi connectivity index (χ2n) is 6.40. The predicted molar refractivity (Wildman–Crippen MR) is 84.3 cm³/mol. The standard InChI is InChI=1S/C14H26B2N4/c1-5-15(6-2)17-11-9-13-19(17)16(7-3,8-4)20-14-10-12-18(15)20/h9-14H,5-8H2,1-4H3. The molecule has 0 unspecified atom stereocenters. The Labute approximate surface area is 121 Å². The van der Waals surface area contributed by atoms with Gasteiger partial charge in [0.1, 0.15) is 12.4 Å². The molecule has 2 aromatic rings. The van der Waals surface area contributed by atoms with Crippen molar-refractivity contribution in [1.82, 2.24) is 9.19 Å². The van der Waals surface area contributed by atoms with Crippen LogP contribution >= 0.6 is 0 Å². The highest BCUT2D eigenvalue weighted by Gasteiger charge is 2.54. The highest BCUT2D eigenvalue weighted by atomic mass is 15.5. The van der Waals surface area contributed by atoms with Gasteiger partial charge in [0, 0.05) is 24.5 Å². The van der Waals surface area contributed by atoms with Gasteiger partial charge in [0.25, 0.3) is 0 Å². The van der Waals surface area contributed by atoms with Gasteiger partial charge in [-0.15, -0.1) is 0 Å². The third kappa shape index (κ3) is 1.34. The smallest absolute Gasteiger partial charge is 0.343 e. The molecule has 0 fully saturated rings. The molecule has 0 aromatic carbocycles. The summed E-state index contributed by atoms with van der Waals surface area (Å²) in [6.45, 7) is 9.26. The van der Waals surface area contributed by atoms with Crippen LogP contribution in [0.5, 0.6) is 0 Å². The van der Waals surface area contributed by atoms with E-state index in [1.165, 1.54) is 0 Å². The molecule has 1 aliphatic heterocycles. The van der Waals surface area contributed by atoms with E-state index in [1.807, 2.05) is 0 Å². The zero-order chi connectivity index (χ0) is 14.4. The Hall–Kier alpha value is -1.45. The first-order chi connectivity index (χ1) is 9.70. The average molecular weight is 272 g/mol. The summed E-state index contributed by atoms with van der Waals surface area (Å²) in [6, 6.07) is 4.41. The van der Waals surface area contributed by atoms with Crippen LogP contribution in [0.2, 0.25) is 25.3 Å². The second-order valence-corrected chi connectivity index (χ2v) is 6.40. The number of hydrogen-bond acceptors (Lipinski definition) is 0. The molecular weight excluding hydrogens is 246 g/mol. The Morgan fingerprint density at radius 3 is 1.35 bits per heavy atom. The molecule has 0 bridgehead atoms. The van der Waals surface area contributed by atoms with E-state index in [0.717, 1.165) is 25.3 Å². The van der Waals surface area contributed by atoms with E-state index in [2.05, 4.69) is 83.0 Å². The van der Waals surface area contributed by atoms with E-state index in [-0.39, 0.29) is 0 Å². The summed E-state index contributed by atoms with van der Waals surface area (Å²) in [5.41, 5.74) is 0. The molecule has 6 heteroatoms. The minimum atomic E-state index is -0.762. The van der Waals surface area contributed by atoms with Crippen molar-refractivity contribution in [2.75, 3.05) is 0 Å². The summed E-state index contributed by atoms with van der Waals surface area (Å²) in [5.74, 6) is 0. The maximum absolute atomic E-state index is 2.53. The lowest BCUT2D eigenvalue weighted by Gasteiger charge is -2.46. The first-order valence-electron chi connectivity index (χ1n) is 8.26. The molecule has 0 saturated heterocycles. The largest absolute Gasteiger partial charge is 0.438 e. The van der Waals surface area contributed by atoms with Crippen molar-refractivity contribution in [1.29, 1.82) is 0 Å². The van der Waals surface area contributed by atoms with Crippen LogP contribution in [-0.2, 0) is 0 Å². The molecule has 1 aliphatic rings. The maximum Gasteiger partial charge on any atom is 0.438 e. The Kier molecular flexibility index (Phi) is 3.07. The van der Waals surface area contributed by atoms with Crippen LogP contribution in [0.4, 0.5) is 0 Å². The van der Waals surface area contributed by atoms with Crippen LogP contribution in [0.3, 0.4) is 0 Å². The van der Waals surface area contributed by atoms with Gasteiger partial charge in [-0.2, -0.15) is 0 Å². The lowest BCUT2D eigenvalue weighted by Crippen LogP contribution is -2.91. The van der Waals surface area contributed by atoms with Gasteiger partial charge in [-0.05, 0) is 0 Å². The lowest BCUT2D eigenvalue weighted by molar-refractivity contribution is -0.716. The minimum absolute atomic E-state index is 0.762. The monoisotopic (exact) mass is 272 g/mol. The van der Waals surface area contributed by atoms with Crippen molar-refractivity contribution >= 4 is 12.8 Å². The molecule has 0 atom stereocenters. The fraction of sp³-hybridized carbons (Fsp3) is 0.571. The third-order valence-corrected chi connectivity index (χ3v) is 6.07. The SMILES string of the molecule is CC[B-]1(CC)n2ccc[n+]2[B-](CC)(CC)n2ccc[n+]21. The van der Waals surface area contributed by atoms with Gasteiger partial charge in [-0.25, -0.2) is 0 Å². The van der Waals surface area contributed by atoms with E-state index in [9.17, 15) is 0 Å². The van der Waals surface area contributed by atoms with Gasteiger partial charge >= 0.3 is 12.8 Å². The van der Waals surface area contributed by atoms with Crippen LogP contribution in [0, 0.1) is 0 Å². The highest BCUT2D eigenvalue weighted by Crippen LogP contribution is 2.22. The van der Waals surface area contributed by atoms with Crippen molar-refractivity contribution in [2.45, 2.75) is 53.0 Å². The number of hydrogen-bond donors (Lipinski definition) is 0. The summed E-state index contributed by atoms with van der Waals surface area (Å²) in [4.78, 5) is 0.